The summed E-state index contributed by atoms with van der Waals surface area (Å²) in [6, 6.07) is 9.91. The lowest BCUT2D eigenvalue weighted by Crippen LogP contribution is -2.51. The van der Waals surface area contributed by atoms with Crippen molar-refractivity contribution in [1.29, 1.82) is 0 Å². The number of fused-ring (bicyclic) bond motifs is 1. The van der Waals surface area contributed by atoms with Crippen LogP contribution in [-0.4, -0.2) is 52.9 Å². The van der Waals surface area contributed by atoms with Crippen LogP contribution < -0.4 is 0 Å². The molecule has 2 heterocycles. The molecule has 1 fully saturated rings. The van der Waals surface area contributed by atoms with E-state index in [1.54, 1.807) is 4.90 Å². The van der Waals surface area contributed by atoms with Gasteiger partial charge in [-0.3, -0.25) is 4.79 Å². The van der Waals surface area contributed by atoms with Crippen LogP contribution in [0.3, 0.4) is 0 Å². The molecule has 0 spiro atoms. The lowest BCUT2D eigenvalue weighted by molar-refractivity contribution is -0.142. The molecule has 3 rings (SSSR count). The number of aliphatic hydroxyl groups excluding tert-OH is 1. The Balaban J connectivity index is 1.84. The average molecular weight is 288 g/mol. The zero-order chi connectivity index (χ0) is 14.8. The molecular formula is C16H20N2O3. The second-order valence-electron chi connectivity index (χ2n) is 5.43. The van der Waals surface area contributed by atoms with Crippen LogP contribution >= 0.6 is 0 Å². The van der Waals surface area contributed by atoms with Gasteiger partial charge in [0.15, 0.2) is 0 Å². The molecule has 1 aliphatic rings. The van der Waals surface area contributed by atoms with Gasteiger partial charge in [-0.1, -0.05) is 18.2 Å². The van der Waals surface area contributed by atoms with E-state index < -0.39 is 0 Å². The van der Waals surface area contributed by atoms with E-state index in [-0.39, 0.29) is 18.6 Å². The SMILES string of the molecule is Cc1cc2ccccc2n1CC(=O)N1CCOCC1CO. The van der Waals surface area contributed by atoms with Crippen molar-refractivity contribution in [3.8, 4) is 0 Å². The van der Waals surface area contributed by atoms with Gasteiger partial charge in [0.25, 0.3) is 0 Å². The summed E-state index contributed by atoms with van der Waals surface area (Å²) >= 11 is 0. The molecule has 0 aliphatic carbocycles. The van der Waals surface area contributed by atoms with Crippen molar-refractivity contribution < 1.29 is 14.6 Å². The van der Waals surface area contributed by atoms with Gasteiger partial charge >= 0.3 is 0 Å². The Labute approximate surface area is 123 Å². The van der Waals surface area contributed by atoms with Crippen molar-refractivity contribution in [2.24, 2.45) is 0 Å². The molecule has 0 radical (unpaired) electrons. The summed E-state index contributed by atoms with van der Waals surface area (Å²) in [7, 11) is 0. The third kappa shape index (κ3) is 2.66. The molecule has 1 aromatic heterocycles. The van der Waals surface area contributed by atoms with E-state index in [0.717, 1.165) is 16.6 Å². The highest BCUT2D eigenvalue weighted by Gasteiger charge is 2.27. The third-order valence-corrected chi connectivity index (χ3v) is 4.07. The summed E-state index contributed by atoms with van der Waals surface area (Å²) in [4.78, 5) is 14.3. The fourth-order valence-corrected chi connectivity index (χ4v) is 2.92. The van der Waals surface area contributed by atoms with E-state index in [0.29, 0.717) is 26.3 Å². The fourth-order valence-electron chi connectivity index (χ4n) is 2.92. The van der Waals surface area contributed by atoms with Gasteiger partial charge in [0.05, 0.1) is 25.9 Å². The number of carbonyl (C=O) groups is 1. The number of rotatable bonds is 3. The molecule has 21 heavy (non-hydrogen) atoms. The Morgan fingerprint density at radius 1 is 1.43 bits per heavy atom. The zero-order valence-corrected chi connectivity index (χ0v) is 12.2. The Kier molecular flexibility index (Phi) is 3.94. The number of hydrogen-bond donors (Lipinski definition) is 1. The highest BCUT2D eigenvalue weighted by atomic mass is 16.5. The summed E-state index contributed by atoms with van der Waals surface area (Å²) < 4.78 is 7.35. The Morgan fingerprint density at radius 3 is 3.05 bits per heavy atom. The summed E-state index contributed by atoms with van der Waals surface area (Å²) in [6.45, 7) is 3.74. The topological polar surface area (TPSA) is 54.7 Å². The standard InChI is InChI=1S/C16H20N2O3/c1-12-8-13-4-2-3-5-15(13)18(12)9-16(20)17-6-7-21-11-14(17)10-19/h2-5,8,14,19H,6-7,9-11H2,1H3. The van der Waals surface area contributed by atoms with E-state index in [1.807, 2.05) is 29.7 Å². The highest BCUT2D eigenvalue weighted by molar-refractivity contribution is 5.84. The highest BCUT2D eigenvalue weighted by Crippen LogP contribution is 2.20. The van der Waals surface area contributed by atoms with Crippen LogP contribution in [0.25, 0.3) is 10.9 Å². The molecule has 1 aromatic carbocycles. The number of para-hydroxylation sites is 1. The first-order chi connectivity index (χ1) is 10.2. The summed E-state index contributed by atoms with van der Waals surface area (Å²) in [5.74, 6) is 0.0294. The molecule has 1 atom stereocenters. The van der Waals surface area contributed by atoms with E-state index in [9.17, 15) is 9.90 Å². The van der Waals surface area contributed by atoms with Crippen molar-refractivity contribution in [2.75, 3.05) is 26.4 Å². The van der Waals surface area contributed by atoms with Crippen LogP contribution in [0.5, 0.6) is 0 Å². The minimum absolute atomic E-state index is 0.0294. The molecule has 1 amide bonds. The van der Waals surface area contributed by atoms with Crippen LogP contribution in [0.15, 0.2) is 30.3 Å². The van der Waals surface area contributed by atoms with Gasteiger partial charge in [-0.25, -0.2) is 0 Å². The monoisotopic (exact) mass is 288 g/mol. The molecule has 112 valence electrons. The Hall–Kier alpha value is -1.85. The van der Waals surface area contributed by atoms with Crippen molar-refractivity contribution in [3.05, 3.63) is 36.0 Å². The van der Waals surface area contributed by atoms with Crippen LogP contribution in [0.1, 0.15) is 5.69 Å². The lowest BCUT2D eigenvalue weighted by Gasteiger charge is -2.34. The van der Waals surface area contributed by atoms with Gasteiger partial charge in [0.1, 0.15) is 6.54 Å². The number of ether oxygens (including phenoxy) is 1. The predicted molar refractivity (Wildman–Crippen MR) is 80.1 cm³/mol. The van der Waals surface area contributed by atoms with Crippen LogP contribution in [0.4, 0.5) is 0 Å². The first-order valence-electron chi connectivity index (χ1n) is 7.23. The second kappa shape index (κ2) is 5.87. The van der Waals surface area contributed by atoms with Crippen molar-refractivity contribution >= 4 is 16.8 Å². The van der Waals surface area contributed by atoms with Crippen molar-refractivity contribution in [3.63, 3.8) is 0 Å². The maximum atomic E-state index is 12.6. The molecule has 5 heteroatoms. The minimum Gasteiger partial charge on any atom is -0.394 e. The number of aliphatic hydroxyl groups is 1. The molecule has 5 nitrogen and oxygen atoms in total. The largest absolute Gasteiger partial charge is 0.394 e. The smallest absolute Gasteiger partial charge is 0.243 e. The first kappa shape index (κ1) is 14.1. The molecule has 0 bridgehead atoms. The van der Waals surface area contributed by atoms with Gasteiger partial charge in [0.2, 0.25) is 5.91 Å². The van der Waals surface area contributed by atoms with E-state index in [2.05, 4.69) is 12.1 Å². The number of carbonyl (C=O) groups excluding carboxylic acids is 1. The van der Waals surface area contributed by atoms with Gasteiger partial charge < -0.3 is 19.3 Å². The molecule has 1 aliphatic heterocycles. The third-order valence-electron chi connectivity index (χ3n) is 4.07. The van der Waals surface area contributed by atoms with Crippen molar-refractivity contribution in [2.45, 2.75) is 19.5 Å². The molecule has 2 aromatic rings. The fraction of sp³-hybridized carbons (Fsp3) is 0.438. The number of aromatic nitrogens is 1. The van der Waals surface area contributed by atoms with Crippen LogP contribution in [-0.2, 0) is 16.1 Å². The predicted octanol–water partition coefficient (Wildman–Crippen LogP) is 1.17. The summed E-state index contributed by atoms with van der Waals surface area (Å²) in [6.07, 6.45) is 0. The van der Waals surface area contributed by atoms with E-state index >= 15 is 0 Å². The maximum Gasteiger partial charge on any atom is 0.243 e. The Morgan fingerprint density at radius 2 is 2.24 bits per heavy atom. The van der Waals surface area contributed by atoms with Gasteiger partial charge in [0, 0.05) is 17.8 Å². The van der Waals surface area contributed by atoms with Gasteiger partial charge in [-0.15, -0.1) is 0 Å². The molecule has 1 N–H and O–H groups in total. The molecule has 0 saturated carbocycles. The molecular weight excluding hydrogens is 268 g/mol. The first-order valence-corrected chi connectivity index (χ1v) is 7.23. The van der Waals surface area contributed by atoms with Crippen LogP contribution in [0.2, 0.25) is 0 Å². The van der Waals surface area contributed by atoms with E-state index in [4.69, 9.17) is 4.74 Å². The van der Waals surface area contributed by atoms with Gasteiger partial charge in [-0.05, 0) is 24.4 Å². The second-order valence-corrected chi connectivity index (χ2v) is 5.43. The molecule has 1 saturated heterocycles. The Bertz CT molecular complexity index is 650. The normalized spacial score (nSPS) is 19.1. The average Bonchev–Trinajstić information content (AvgIpc) is 2.83. The summed E-state index contributed by atoms with van der Waals surface area (Å²) in [5.41, 5.74) is 2.13. The number of benzene rings is 1. The van der Waals surface area contributed by atoms with Crippen LogP contribution in [0, 0.1) is 6.92 Å². The maximum absolute atomic E-state index is 12.6. The minimum atomic E-state index is -0.228. The number of hydrogen-bond acceptors (Lipinski definition) is 3. The van der Waals surface area contributed by atoms with E-state index in [1.165, 1.54) is 0 Å². The quantitative estimate of drug-likeness (QED) is 0.922. The van der Waals surface area contributed by atoms with Crippen molar-refractivity contribution in [1.82, 2.24) is 9.47 Å². The molecule has 1 unspecified atom stereocenters. The number of aryl methyl sites for hydroxylation is 1. The zero-order valence-electron chi connectivity index (χ0n) is 12.2. The number of nitrogens with zero attached hydrogens (tertiary/aromatic N) is 2. The number of amides is 1. The number of morpholine rings is 1. The lowest BCUT2D eigenvalue weighted by atomic mass is 10.2. The van der Waals surface area contributed by atoms with Gasteiger partial charge in [-0.2, -0.15) is 0 Å². The summed E-state index contributed by atoms with van der Waals surface area (Å²) in [5, 5.41) is 10.5.